The normalized spacial score (nSPS) is 12.7. The highest BCUT2D eigenvalue weighted by Gasteiger charge is 2.26. The van der Waals surface area contributed by atoms with Gasteiger partial charge in [-0.05, 0) is 61.7 Å². The molecule has 0 fully saturated rings. The summed E-state index contributed by atoms with van der Waals surface area (Å²) in [5, 5.41) is 5.39. The molecule has 5 rings (SSSR count). The Hall–Kier alpha value is -5.86. The van der Waals surface area contributed by atoms with Crippen molar-refractivity contribution in [2.75, 3.05) is 41.9 Å². The van der Waals surface area contributed by atoms with E-state index in [-0.39, 0.29) is 31.2 Å². The molecule has 2 aromatic heterocycles. The average Bonchev–Trinajstić information content (AvgIpc) is 3.44. The van der Waals surface area contributed by atoms with Crippen LogP contribution < -0.4 is 27.0 Å². The second kappa shape index (κ2) is 13.8. The molecule has 4 aromatic rings. The maximum absolute atomic E-state index is 13.2. The van der Waals surface area contributed by atoms with Gasteiger partial charge >= 0.3 is 11.9 Å². The van der Waals surface area contributed by atoms with Gasteiger partial charge in [0.1, 0.15) is 6.04 Å². The number of methoxy groups -OCH3 is 1. The lowest BCUT2D eigenvalue weighted by Crippen LogP contribution is -2.42. The van der Waals surface area contributed by atoms with Crippen LogP contribution in [0.15, 0.2) is 48.7 Å². The van der Waals surface area contributed by atoms with Gasteiger partial charge < -0.3 is 36.5 Å². The number of carbonyl (C=O) groups is 4. The Kier molecular flexibility index (Phi) is 9.50. The first kappa shape index (κ1) is 31.6. The third-order valence-corrected chi connectivity index (χ3v) is 7.30. The van der Waals surface area contributed by atoms with E-state index in [9.17, 15) is 19.2 Å². The maximum atomic E-state index is 13.2. The molecule has 1 aliphatic heterocycles. The van der Waals surface area contributed by atoms with Crippen LogP contribution in [-0.4, -0.2) is 70.0 Å². The van der Waals surface area contributed by atoms with E-state index in [1.54, 1.807) is 43.5 Å². The van der Waals surface area contributed by atoms with Crippen LogP contribution >= 0.6 is 0 Å². The number of esters is 2. The Morgan fingerprint density at radius 1 is 1.04 bits per heavy atom. The molecule has 15 heteroatoms. The van der Waals surface area contributed by atoms with Crippen LogP contribution in [0.4, 0.5) is 23.1 Å². The summed E-state index contributed by atoms with van der Waals surface area (Å²) >= 11 is 0. The van der Waals surface area contributed by atoms with Gasteiger partial charge in [-0.25, -0.2) is 19.6 Å². The summed E-state index contributed by atoms with van der Waals surface area (Å²) < 4.78 is 9.86. The van der Waals surface area contributed by atoms with Gasteiger partial charge in [-0.2, -0.15) is 9.97 Å². The number of amides is 2. The summed E-state index contributed by atoms with van der Waals surface area (Å²) in [6.45, 7) is 3.07. The maximum Gasteiger partial charge on any atom is 0.338 e. The topological polar surface area (TPSA) is 218 Å². The smallest absolute Gasteiger partial charge is 0.338 e. The van der Waals surface area contributed by atoms with Gasteiger partial charge in [0.2, 0.25) is 11.9 Å². The molecule has 1 atom stereocenters. The summed E-state index contributed by atoms with van der Waals surface area (Å²) in [7, 11) is 1.21. The fourth-order valence-corrected chi connectivity index (χ4v) is 5.10. The van der Waals surface area contributed by atoms with E-state index in [4.69, 9.17) is 20.9 Å². The monoisotopic (exact) mass is 627 g/mol. The number of carbonyl (C=O) groups excluding carboxylic acids is 4. The molecular formula is C31H33N9O6. The number of nitrogens with one attached hydrogen (secondary N) is 2. The number of aromatic nitrogens is 4. The number of ether oxygens (including phenoxy) is 2. The van der Waals surface area contributed by atoms with E-state index in [0.29, 0.717) is 53.2 Å². The van der Waals surface area contributed by atoms with Gasteiger partial charge in [0.15, 0.2) is 17.0 Å². The van der Waals surface area contributed by atoms with Crippen molar-refractivity contribution in [2.24, 2.45) is 0 Å². The number of rotatable bonds is 11. The Labute approximate surface area is 263 Å². The minimum atomic E-state index is -1.06. The first-order chi connectivity index (χ1) is 22.1. The fraction of sp³-hybridized carbons (Fsp3) is 0.290. The van der Waals surface area contributed by atoms with Gasteiger partial charge in [0, 0.05) is 29.9 Å². The molecule has 238 valence electrons. The number of hydrogen-bond acceptors (Lipinski definition) is 13. The molecule has 2 aromatic carbocycles. The number of nitrogens with zero attached hydrogens (tertiary/aromatic N) is 5. The summed E-state index contributed by atoms with van der Waals surface area (Å²) in [5.74, 6) is -1.88. The zero-order valence-corrected chi connectivity index (χ0v) is 25.3. The quantitative estimate of drug-likeness (QED) is 0.175. The van der Waals surface area contributed by atoms with Crippen LogP contribution in [-0.2, 0) is 32.0 Å². The van der Waals surface area contributed by atoms with Gasteiger partial charge in [-0.3, -0.25) is 9.59 Å². The van der Waals surface area contributed by atoms with Crippen molar-refractivity contribution in [1.29, 1.82) is 0 Å². The molecule has 1 aliphatic rings. The van der Waals surface area contributed by atoms with Gasteiger partial charge in [0.25, 0.3) is 5.91 Å². The van der Waals surface area contributed by atoms with Crippen molar-refractivity contribution in [3.63, 3.8) is 0 Å². The molecule has 0 radical (unpaired) electrons. The van der Waals surface area contributed by atoms with Crippen molar-refractivity contribution >= 4 is 58.1 Å². The van der Waals surface area contributed by atoms with Crippen LogP contribution in [0.1, 0.15) is 51.7 Å². The minimum Gasteiger partial charge on any atom is -0.467 e. The molecule has 0 saturated heterocycles. The molecular weight excluding hydrogens is 594 g/mol. The first-order valence-electron chi connectivity index (χ1n) is 14.5. The lowest BCUT2D eigenvalue weighted by atomic mass is 10.1. The highest BCUT2D eigenvalue weighted by atomic mass is 16.5. The molecule has 0 aliphatic carbocycles. The summed E-state index contributed by atoms with van der Waals surface area (Å²) in [5.41, 5.74) is 15.9. The SMILES string of the molecule is CCOC(=O)c1cccc(NC(=O)CC[C@H](NC(=O)c2ccc3c(c2)CCN3Cc2cnc3nc(N)nc(N)c3n2)C(=O)OC)c1. The number of nitrogens with two attached hydrogens (primary N) is 2. The molecule has 0 bridgehead atoms. The number of anilines is 4. The van der Waals surface area contributed by atoms with Gasteiger partial charge in [0.05, 0.1) is 37.7 Å². The lowest BCUT2D eigenvalue weighted by Gasteiger charge is -2.20. The molecule has 0 unspecified atom stereocenters. The summed E-state index contributed by atoms with van der Waals surface area (Å²) in [6, 6.07) is 10.6. The van der Waals surface area contributed by atoms with Crippen LogP contribution in [0.2, 0.25) is 0 Å². The van der Waals surface area contributed by atoms with E-state index in [2.05, 4.69) is 35.5 Å². The highest BCUT2D eigenvalue weighted by molar-refractivity contribution is 5.98. The fourth-order valence-electron chi connectivity index (χ4n) is 5.10. The highest BCUT2D eigenvalue weighted by Crippen LogP contribution is 2.30. The minimum absolute atomic E-state index is 0.00449. The van der Waals surface area contributed by atoms with Crippen molar-refractivity contribution in [3.8, 4) is 0 Å². The molecule has 6 N–H and O–H groups in total. The molecule has 0 saturated carbocycles. The molecule has 46 heavy (non-hydrogen) atoms. The zero-order valence-electron chi connectivity index (χ0n) is 25.3. The van der Waals surface area contributed by atoms with Crippen molar-refractivity contribution in [1.82, 2.24) is 25.3 Å². The number of benzene rings is 2. The lowest BCUT2D eigenvalue weighted by molar-refractivity contribution is -0.143. The molecule has 2 amide bonds. The van der Waals surface area contributed by atoms with Crippen LogP contribution in [0.25, 0.3) is 11.2 Å². The van der Waals surface area contributed by atoms with Gasteiger partial charge in [-0.1, -0.05) is 6.07 Å². The van der Waals surface area contributed by atoms with E-state index >= 15 is 0 Å². The van der Waals surface area contributed by atoms with Crippen molar-refractivity contribution in [2.45, 2.75) is 38.8 Å². The Balaban J connectivity index is 1.20. The third-order valence-electron chi connectivity index (χ3n) is 7.30. The number of nitrogen functional groups attached to an aromatic ring is 2. The van der Waals surface area contributed by atoms with E-state index in [1.165, 1.54) is 13.2 Å². The van der Waals surface area contributed by atoms with E-state index in [1.807, 2.05) is 6.07 Å². The zero-order chi connectivity index (χ0) is 32.8. The van der Waals surface area contributed by atoms with Gasteiger partial charge in [-0.15, -0.1) is 0 Å². The Morgan fingerprint density at radius 2 is 1.87 bits per heavy atom. The largest absolute Gasteiger partial charge is 0.467 e. The molecule has 15 nitrogen and oxygen atoms in total. The Bertz CT molecular complexity index is 1820. The number of fused-ring (bicyclic) bond motifs is 2. The van der Waals surface area contributed by atoms with Crippen molar-refractivity contribution < 1.29 is 28.7 Å². The van der Waals surface area contributed by atoms with Crippen LogP contribution in [0.3, 0.4) is 0 Å². The summed E-state index contributed by atoms with van der Waals surface area (Å²) in [6.07, 6.45) is 2.21. The average molecular weight is 628 g/mol. The van der Waals surface area contributed by atoms with E-state index in [0.717, 1.165) is 11.3 Å². The standard InChI is InChI=1S/C31H33N9O6/c1-3-46-29(43)19-5-4-6-20(14-19)35-24(41)10-8-22(30(44)45-2)37-28(42)18-7-9-23-17(13-18)11-12-40(23)16-21-15-34-27-25(36-21)26(32)38-31(33)39-27/h4-7,9,13-15,22H,3,8,10-12,16H2,1-2H3,(H,35,41)(H,37,42)(H4,32,33,34,38,39)/t22-/m0/s1. The summed E-state index contributed by atoms with van der Waals surface area (Å²) in [4.78, 5) is 69.3. The second-order valence-electron chi connectivity index (χ2n) is 10.5. The number of hydrogen-bond donors (Lipinski definition) is 4. The van der Waals surface area contributed by atoms with E-state index < -0.39 is 29.8 Å². The second-order valence-corrected chi connectivity index (χ2v) is 10.5. The molecule has 0 spiro atoms. The predicted octanol–water partition coefficient (Wildman–Crippen LogP) is 2.01. The molecule has 3 heterocycles. The van der Waals surface area contributed by atoms with Crippen molar-refractivity contribution in [3.05, 3.63) is 71.0 Å². The predicted molar refractivity (Wildman–Crippen MR) is 169 cm³/mol. The Morgan fingerprint density at radius 3 is 2.65 bits per heavy atom. The third kappa shape index (κ3) is 7.26. The van der Waals surface area contributed by atoms with Crippen LogP contribution in [0, 0.1) is 0 Å². The first-order valence-corrected chi connectivity index (χ1v) is 14.5. The van der Waals surface area contributed by atoms with Crippen LogP contribution in [0.5, 0.6) is 0 Å².